The summed E-state index contributed by atoms with van der Waals surface area (Å²) in [5.41, 5.74) is 3.51. The second-order valence-corrected chi connectivity index (χ2v) is 13.9. The van der Waals surface area contributed by atoms with Crippen LogP contribution >= 0.6 is 11.3 Å². The molecule has 0 N–H and O–H groups in total. The summed E-state index contributed by atoms with van der Waals surface area (Å²) in [6.07, 6.45) is 0. The maximum absolute atomic E-state index is 2.40. The molecule has 9 rings (SSSR count). The van der Waals surface area contributed by atoms with Crippen molar-refractivity contribution in [1.82, 2.24) is 0 Å². The number of hydrogen-bond donors (Lipinski definition) is 0. The van der Waals surface area contributed by atoms with E-state index in [1.165, 1.54) is 72.4 Å². The molecule has 0 bridgehead atoms. The molecule has 0 amide bonds. The van der Waals surface area contributed by atoms with E-state index >= 15 is 0 Å². The molecular formula is C38H23NSSe. The van der Waals surface area contributed by atoms with E-state index in [4.69, 9.17) is 0 Å². The zero-order valence-electron chi connectivity index (χ0n) is 22.0. The Morgan fingerprint density at radius 3 is 2.02 bits per heavy atom. The molecule has 3 heteroatoms. The van der Waals surface area contributed by atoms with Gasteiger partial charge in [-0.2, -0.15) is 0 Å². The molecule has 0 atom stereocenters. The number of nitrogens with zero attached hydrogens (tertiary/aromatic N) is 1. The van der Waals surface area contributed by atoms with Crippen molar-refractivity contribution in [2.45, 2.75) is 0 Å². The van der Waals surface area contributed by atoms with E-state index in [-0.39, 0.29) is 0 Å². The van der Waals surface area contributed by atoms with Crippen LogP contribution in [0, 0.1) is 0 Å². The Morgan fingerprint density at radius 2 is 1.12 bits per heavy atom. The zero-order valence-corrected chi connectivity index (χ0v) is 24.6. The first-order valence-corrected chi connectivity index (χ1v) is 16.4. The van der Waals surface area contributed by atoms with Gasteiger partial charge in [0, 0.05) is 0 Å². The summed E-state index contributed by atoms with van der Waals surface area (Å²) in [6, 6.07) is 51.6. The first-order valence-electron chi connectivity index (χ1n) is 13.8. The third-order valence-electron chi connectivity index (χ3n) is 8.20. The normalized spacial score (nSPS) is 11.9. The average Bonchev–Trinajstić information content (AvgIpc) is 3.58. The predicted molar refractivity (Wildman–Crippen MR) is 181 cm³/mol. The van der Waals surface area contributed by atoms with Crippen LogP contribution in [0.4, 0.5) is 17.1 Å². The summed E-state index contributed by atoms with van der Waals surface area (Å²) < 4.78 is 5.65. The fourth-order valence-corrected chi connectivity index (χ4v) is 9.97. The molecule has 0 spiro atoms. The fraction of sp³-hybridized carbons (Fsp3) is 0. The van der Waals surface area contributed by atoms with E-state index in [9.17, 15) is 0 Å². The van der Waals surface area contributed by atoms with Crippen LogP contribution in [0.25, 0.3) is 61.0 Å². The number of para-hydroxylation sites is 1. The van der Waals surface area contributed by atoms with Crippen molar-refractivity contribution in [3.63, 3.8) is 0 Å². The molecule has 0 saturated carbocycles. The van der Waals surface area contributed by atoms with Crippen LogP contribution in [-0.4, -0.2) is 14.5 Å². The summed E-state index contributed by atoms with van der Waals surface area (Å²) in [6.45, 7) is 0. The molecule has 0 fully saturated rings. The zero-order chi connectivity index (χ0) is 26.9. The molecule has 2 heterocycles. The minimum atomic E-state index is 0.335. The maximum atomic E-state index is 2.40. The summed E-state index contributed by atoms with van der Waals surface area (Å²) in [4.78, 5) is 2.40. The van der Waals surface area contributed by atoms with Gasteiger partial charge in [-0.15, -0.1) is 0 Å². The van der Waals surface area contributed by atoms with Crippen molar-refractivity contribution in [3.8, 4) is 0 Å². The van der Waals surface area contributed by atoms with Crippen LogP contribution in [0.3, 0.4) is 0 Å². The third-order valence-corrected chi connectivity index (χ3v) is 11.9. The van der Waals surface area contributed by atoms with Gasteiger partial charge in [-0.05, 0) is 5.39 Å². The molecule has 2 aromatic heterocycles. The molecule has 0 unspecified atom stereocenters. The molecule has 0 radical (unpaired) electrons. The number of hydrogen-bond acceptors (Lipinski definition) is 2. The molecule has 192 valence electrons. The Balaban J connectivity index is 1.25. The molecule has 7 aromatic carbocycles. The van der Waals surface area contributed by atoms with Crippen molar-refractivity contribution >= 4 is 104 Å². The molecule has 0 saturated heterocycles. The van der Waals surface area contributed by atoms with E-state index < -0.39 is 0 Å². The fourth-order valence-electron chi connectivity index (χ4n) is 6.25. The predicted octanol–water partition coefficient (Wildman–Crippen LogP) is 11.2. The van der Waals surface area contributed by atoms with Gasteiger partial charge < -0.3 is 0 Å². The van der Waals surface area contributed by atoms with E-state index in [1.807, 2.05) is 11.3 Å². The van der Waals surface area contributed by atoms with E-state index in [0.29, 0.717) is 14.5 Å². The van der Waals surface area contributed by atoms with Gasteiger partial charge in [0.1, 0.15) is 0 Å². The summed E-state index contributed by atoms with van der Waals surface area (Å²) in [5.74, 6) is 0. The number of fused-ring (bicyclic) bond motifs is 9. The number of rotatable bonds is 3. The van der Waals surface area contributed by atoms with Gasteiger partial charge in [-0.25, -0.2) is 0 Å². The Labute approximate surface area is 247 Å². The van der Waals surface area contributed by atoms with Crippen LogP contribution in [0.1, 0.15) is 0 Å². The van der Waals surface area contributed by atoms with Gasteiger partial charge in [-0.3, -0.25) is 0 Å². The van der Waals surface area contributed by atoms with E-state index in [1.54, 1.807) is 0 Å². The van der Waals surface area contributed by atoms with Crippen molar-refractivity contribution in [1.29, 1.82) is 0 Å². The molecule has 1 nitrogen and oxygen atoms in total. The van der Waals surface area contributed by atoms with Gasteiger partial charge in [0.2, 0.25) is 0 Å². The Bertz CT molecular complexity index is 2430. The first kappa shape index (κ1) is 23.3. The second-order valence-electron chi connectivity index (χ2n) is 10.6. The third kappa shape index (κ3) is 3.67. The van der Waals surface area contributed by atoms with Crippen molar-refractivity contribution in [2.75, 3.05) is 4.90 Å². The Hall–Kier alpha value is -4.40. The van der Waals surface area contributed by atoms with Gasteiger partial charge in [0.15, 0.2) is 0 Å². The van der Waals surface area contributed by atoms with Crippen LogP contribution in [0.2, 0.25) is 0 Å². The molecule has 41 heavy (non-hydrogen) atoms. The van der Waals surface area contributed by atoms with Crippen molar-refractivity contribution in [3.05, 3.63) is 140 Å². The number of benzene rings is 7. The van der Waals surface area contributed by atoms with Gasteiger partial charge >= 0.3 is 219 Å². The summed E-state index contributed by atoms with van der Waals surface area (Å²) >= 11 is 2.21. The van der Waals surface area contributed by atoms with E-state index in [0.717, 1.165) is 5.69 Å². The number of thiophene rings is 1. The topological polar surface area (TPSA) is 3.24 Å². The standard InChI is InChI=1S/C38H23NSSe/c1-2-10-27(11-3-1)39(28-15-18-30-26(20-28)14-17-32-31-12-6-7-13-37(31)41-38(30)32)29-16-19-35-34(23-29)33-21-24-8-4-5-9-25(24)22-36(33)40-35/h1-23H. The molecule has 0 aliphatic heterocycles. The van der Waals surface area contributed by atoms with E-state index in [2.05, 4.69) is 144 Å². The molecule has 0 aliphatic rings. The van der Waals surface area contributed by atoms with Gasteiger partial charge in [0.05, 0.1) is 0 Å². The summed E-state index contributed by atoms with van der Waals surface area (Å²) in [5, 5.41) is 10.7. The summed E-state index contributed by atoms with van der Waals surface area (Å²) in [7, 11) is 0. The minimum absolute atomic E-state index is 0.335. The Morgan fingerprint density at radius 1 is 0.415 bits per heavy atom. The Kier molecular flexibility index (Phi) is 5.15. The average molecular weight is 605 g/mol. The molecule has 9 aromatic rings. The first-order chi connectivity index (χ1) is 20.3. The van der Waals surface area contributed by atoms with Crippen LogP contribution in [0.5, 0.6) is 0 Å². The monoisotopic (exact) mass is 605 g/mol. The van der Waals surface area contributed by atoms with Crippen molar-refractivity contribution < 1.29 is 0 Å². The van der Waals surface area contributed by atoms with Gasteiger partial charge in [-0.1, -0.05) is 24.3 Å². The SMILES string of the molecule is c1ccc(N(c2ccc3c(ccc4c5ccccc5[se]c34)c2)c2ccc3sc4cc5ccccc5cc4c3c2)cc1. The number of anilines is 3. The quantitative estimate of drug-likeness (QED) is 0.181. The molecular weight excluding hydrogens is 581 g/mol. The van der Waals surface area contributed by atoms with Crippen LogP contribution in [-0.2, 0) is 0 Å². The second kappa shape index (κ2) is 9.06. The molecule has 0 aliphatic carbocycles. The van der Waals surface area contributed by atoms with Gasteiger partial charge in [0.25, 0.3) is 0 Å². The van der Waals surface area contributed by atoms with Crippen LogP contribution in [0.15, 0.2) is 140 Å². The van der Waals surface area contributed by atoms with Crippen LogP contribution < -0.4 is 4.90 Å². The van der Waals surface area contributed by atoms with Crippen molar-refractivity contribution in [2.24, 2.45) is 0 Å².